The first-order chi connectivity index (χ1) is 10.2. The molecule has 0 spiro atoms. The lowest BCUT2D eigenvalue weighted by Gasteiger charge is -2.16. The quantitative estimate of drug-likeness (QED) is 0.945. The van der Waals surface area contributed by atoms with Crippen LogP contribution < -0.4 is 10.2 Å². The van der Waals surface area contributed by atoms with Crippen molar-refractivity contribution in [2.24, 2.45) is 0 Å². The molecule has 0 saturated carbocycles. The Bertz CT molecular complexity index is 658. The summed E-state index contributed by atoms with van der Waals surface area (Å²) in [5.41, 5.74) is 0.595. The Morgan fingerprint density at radius 2 is 1.95 bits per heavy atom. The van der Waals surface area contributed by atoms with Crippen LogP contribution in [0.15, 0.2) is 18.2 Å². The van der Waals surface area contributed by atoms with Gasteiger partial charge in [0.2, 0.25) is 11.9 Å². The number of aromatic nitrogens is 3. The Morgan fingerprint density at radius 3 is 2.62 bits per heavy atom. The van der Waals surface area contributed by atoms with E-state index in [1.165, 1.54) is 12.1 Å². The summed E-state index contributed by atoms with van der Waals surface area (Å²) in [6.45, 7) is 1.87. The van der Waals surface area contributed by atoms with Crippen molar-refractivity contribution in [3.63, 3.8) is 0 Å². The molecule has 1 N–H and O–H groups in total. The summed E-state index contributed by atoms with van der Waals surface area (Å²) in [4.78, 5) is 15.3. The van der Waals surface area contributed by atoms with Gasteiger partial charge in [0.1, 0.15) is 5.82 Å². The van der Waals surface area contributed by atoms with E-state index in [2.05, 4.69) is 25.2 Å². The average molecular weight is 308 g/mol. The molecular formula is C14H15ClFN5. The molecule has 7 heteroatoms. The van der Waals surface area contributed by atoms with Gasteiger partial charge in [-0.25, -0.2) is 4.39 Å². The van der Waals surface area contributed by atoms with Crippen molar-refractivity contribution >= 4 is 23.5 Å². The van der Waals surface area contributed by atoms with E-state index in [9.17, 15) is 4.39 Å². The summed E-state index contributed by atoms with van der Waals surface area (Å²) in [6, 6.07) is 4.19. The Hall–Kier alpha value is -1.95. The second-order valence-corrected chi connectivity index (χ2v) is 5.26. The van der Waals surface area contributed by atoms with E-state index in [1.807, 2.05) is 0 Å². The van der Waals surface area contributed by atoms with E-state index >= 15 is 0 Å². The van der Waals surface area contributed by atoms with Gasteiger partial charge in [-0.1, -0.05) is 11.6 Å². The first-order valence-corrected chi connectivity index (χ1v) is 7.19. The normalized spacial score (nSPS) is 14.5. The van der Waals surface area contributed by atoms with Crippen LogP contribution in [0.1, 0.15) is 12.8 Å². The molecule has 0 aliphatic carbocycles. The summed E-state index contributed by atoms with van der Waals surface area (Å²) < 4.78 is 13.2. The topological polar surface area (TPSA) is 53.9 Å². The van der Waals surface area contributed by atoms with Crippen LogP contribution in [0.25, 0.3) is 11.4 Å². The monoisotopic (exact) mass is 307 g/mol. The summed E-state index contributed by atoms with van der Waals surface area (Å²) in [5, 5.41) is 3.21. The number of rotatable bonds is 3. The van der Waals surface area contributed by atoms with Crippen LogP contribution in [0.4, 0.5) is 16.3 Å². The molecule has 0 radical (unpaired) electrons. The van der Waals surface area contributed by atoms with Gasteiger partial charge < -0.3 is 10.2 Å². The smallest absolute Gasteiger partial charge is 0.230 e. The lowest BCUT2D eigenvalue weighted by molar-refractivity contribution is 0.628. The molecule has 0 unspecified atom stereocenters. The molecule has 5 nitrogen and oxygen atoms in total. The molecule has 2 aromatic rings. The number of halogens is 2. The highest BCUT2D eigenvalue weighted by Crippen LogP contribution is 2.28. The number of nitrogens with one attached hydrogen (secondary N) is 1. The maximum atomic E-state index is 13.2. The number of hydrogen-bond acceptors (Lipinski definition) is 5. The largest absolute Gasteiger partial charge is 0.357 e. The van der Waals surface area contributed by atoms with Crippen molar-refractivity contribution in [3.05, 3.63) is 29.0 Å². The van der Waals surface area contributed by atoms with Crippen LogP contribution in [0.2, 0.25) is 5.02 Å². The summed E-state index contributed by atoms with van der Waals surface area (Å²) >= 11 is 6.10. The summed E-state index contributed by atoms with van der Waals surface area (Å²) in [7, 11) is 1.75. The van der Waals surface area contributed by atoms with Crippen molar-refractivity contribution < 1.29 is 4.39 Å². The van der Waals surface area contributed by atoms with E-state index in [1.54, 1.807) is 13.1 Å². The minimum atomic E-state index is -0.383. The predicted octanol–water partition coefficient (Wildman–Crippen LogP) is 2.97. The molecule has 1 aliphatic heterocycles. The fraction of sp³-hybridized carbons (Fsp3) is 0.357. The van der Waals surface area contributed by atoms with Gasteiger partial charge >= 0.3 is 0 Å². The van der Waals surface area contributed by atoms with Crippen LogP contribution in [0.3, 0.4) is 0 Å². The zero-order valence-corrected chi connectivity index (χ0v) is 12.4. The summed E-state index contributed by atoms with van der Waals surface area (Å²) in [5.74, 6) is 1.16. The zero-order chi connectivity index (χ0) is 14.8. The molecule has 3 rings (SSSR count). The lowest BCUT2D eigenvalue weighted by Crippen LogP contribution is -2.21. The molecule has 1 aromatic carbocycles. The van der Waals surface area contributed by atoms with E-state index < -0.39 is 0 Å². The molecule has 1 fully saturated rings. The van der Waals surface area contributed by atoms with Gasteiger partial charge in [0.25, 0.3) is 0 Å². The maximum Gasteiger partial charge on any atom is 0.230 e. The van der Waals surface area contributed by atoms with Crippen LogP contribution in [-0.2, 0) is 0 Å². The zero-order valence-electron chi connectivity index (χ0n) is 11.6. The fourth-order valence-electron chi connectivity index (χ4n) is 2.33. The van der Waals surface area contributed by atoms with Gasteiger partial charge in [-0.05, 0) is 31.0 Å². The highest BCUT2D eigenvalue weighted by Gasteiger charge is 2.18. The highest BCUT2D eigenvalue weighted by molar-refractivity contribution is 6.33. The SMILES string of the molecule is CNc1nc(-c2ccc(F)cc2Cl)nc(N2CCCC2)n1. The predicted molar refractivity (Wildman–Crippen MR) is 81.2 cm³/mol. The maximum absolute atomic E-state index is 13.2. The first-order valence-electron chi connectivity index (χ1n) is 6.81. The third kappa shape index (κ3) is 2.90. The number of nitrogens with zero attached hydrogens (tertiary/aromatic N) is 4. The van der Waals surface area contributed by atoms with E-state index in [-0.39, 0.29) is 10.8 Å². The molecular weight excluding hydrogens is 293 g/mol. The minimum absolute atomic E-state index is 0.288. The van der Waals surface area contributed by atoms with Crippen molar-refractivity contribution in [3.8, 4) is 11.4 Å². The lowest BCUT2D eigenvalue weighted by atomic mass is 10.2. The Morgan fingerprint density at radius 1 is 1.19 bits per heavy atom. The van der Waals surface area contributed by atoms with Gasteiger partial charge in [0.15, 0.2) is 5.82 Å². The molecule has 21 heavy (non-hydrogen) atoms. The molecule has 0 atom stereocenters. The fourth-order valence-corrected chi connectivity index (χ4v) is 2.58. The molecule has 2 heterocycles. The third-order valence-electron chi connectivity index (χ3n) is 3.41. The molecule has 1 saturated heterocycles. The van der Waals surface area contributed by atoms with Crippen LogP contribution in [0, 0.1) is 5.82 Å². The number of anilines is 2. The standard InChI is InChI=1S/C14H15ClFN5/c1-17-13-18-12(10-5-4-9(16)8-11(10)15)19-14(20-13)21-6-2-3-7-21/h4-5,8H,2-3,6-7H2,1H3,(H,17,18,19,20). The average Bonchev–Trinajstić information content (AvgIpc) is 3.01. The second kappa shape index (κ2) is 5.81. The second-order valence-electron chi connectivity index (χ2n) is 4.85. The Kier molecular flexibility index (Phi) is 3.88. The van der Waals surface area contributed by atoms with Crippen LogP contribution in [-0.4, -0.2) is 35.1 Å². The molecule has 1 aromatic heterocycles. The van der Waals surface area contributed by atoms with Gasteiger partial charge in [0.05, 0.1) is 5.02 Å². The first kappa shape index (κ1) is 14.0. The molecule has 1 aliphatic rings. The number of hydrogen-bond donors (Lipinski definition) is 1. The Labute approximate surface area is 127 Å². The van der Waals surface area contributed by atoms with Crippen molar-refractivity contribution in [1.29, 1.82) is 0 Å². The van der Waals surface area contributed by atoms with Crippen molar-refractivity contribution in [2.45, 2.75) is 12.8 Å². The molecule has 110 valence electrons. The highest BCUT2D eigenvalue weighted by atomic mass is 35.5. The molecule has 0 amide bonds. The van der Waals surface area contributed by atoms with Crippen molar-refractivity contribution in [2.75, 3.05) is 30.4 Å². The van der Waals surface area contributed by atoms with Gasteiger partial charge in [0, 0.05) is 25.7 Å². The van der Waals surface area contributed by atoms with Gasteiger partial charge in [-0.2, -0.15) is 15.0 Å². The van der Waals surface area contributed by atoms with E-state index in [4.69, 9.17) is 11.6 Å². The molecule has 0 bridgehead atoms. The van der Waals surface area contributed by atoms with Crippen LogP contribution in [0.5, 0.6) is 0 Å². The van der Waals surface area contributed by atoms with Gasteiger partial charge in [-0.3, -0.25) is 0 Å². The van der Waals surface area contributed by atoms with Crippen LogP contribution >= 0.6 is 11.6 Å². The Balaban J connectivity index is 2.06. The minimum Gasteiger partial charge on any atom is -0.357 e. The van der Waals surface area contributed by atoms with E-state index in [0.29, 0.717) is 23.3 Å². The summed E-state index contributed by atoms with van der Waals surface area (Å²) in [6.07, 6.45) is 2.26. The van der Waals surface area contributed by atoms with Crippen molar-refractivity contribution in [1.82, 2.24) is 15.0 Å². The van der Waals surface area contributed by atoms with E-state index in [0.717, 1.165) is 25.9 Å². The number of benzene rings is 1. The third-order valence-corrected chi connectivity index (χ3v) is 3.72. The van der Waals surface area contributed by atoms with Gasteiger partial charge in [-0.15, -0.1) is 0 Å².